The maximum Gasteiger partial charge on any atom is 0.167 e. The zero-order valence-electron chi connectivity index (χ0n) is 9.71. The molecule has 0 saturated carbocycles. The molecule has 1 atom stereocenters. The number of halogens is 1. The Kier molecular flexibility index (Phi) is 4.77. The Labute approximate surface area is 101 Å². The van der Waals surface area contributed by atoms with Crippen LogP contribution in [0, 0.1) is 5.92 Å². The first-order valence-corrected chi connectivity index (χ1v) is 5.50. The van der Waals surface area contributed by atoms with Crippen LogP contribution in [0.2, 0.25) is 5.02 Å². The van der Waals surface area contributed by atoms with Crippen molar-refractivity contribution in [1.82, 2.24) is 5.32 Å². The van der Waals surface area contributed by atoms with Gasteiger partial charge in [0.2, 0.25) is 0 Å². The first-order chi connectivity index (χ1) is 7.60. The van der Waals surface area contributed by atoms with E-state index >= 15 is 0 Å². The average Bonchev–Trinajstić information content (AvgIpc) is 2.29. The zero-order valence-corrected chi connectivity index (χ0v) is 10.5. The summed E-state index contributed by atoms with van der Waals surface area (Å²) < 4.78 is 5.08. The maximum absolute atomic E-state index is 12.0. The second-order valence-electron chi connectivity index (χ2n) is 3.67. The summed E-state index contributed by atoms with van der Waals surface area (Å²) >= 11 is 5.89. The average molecular weight is 242 g/mol. The molecule has 0 aliphatic carbocycles. The predicted molar refractivity (Wildman–Crippen MR) is 65.4 cm³/mol. The number of carbonyl (C=O) groups excluding carboxylic acids is 1. The van der Waals surface area contributed by atoms with Crippen molar-refractivity contribution in [3.63, 3.8) is 0 Å². The van der Waals surface area contributed by atoms with Gasteiger partial charge in [0.1, 0.15) is 5.75 Å². The van der Waals surface area contributed by atoms with E-state index in [0.717, 1.165) is 0 Å². The first kappa shape index (κ1) is 13.0. The van der Waals surface area contributed by atoms with Gasteiger partial charge in [0.25, 0.3) is 0 Å². The molecule has 0 aliphatic rings. The molecule has 4 heteroatoms. The highest BCUT2D eigenvalue weighted by Crippen LogP contribution is 2.26. The van der Waals surface area contributed by atoms with E-state index < -0.39 is 0 Å². The summed E-state index contributed by atoms with van der Waals surface area (Å²) in [5.74, 6) is 0.560. The predicted octanol–water partition coefficient (Wildman–Crippen LogP) is 2.39. The number of hydrogen-bond donors (Lipinski definition) is 1. The smallest absolute Gasteiger partial charge is 0.167 e. The van der Waals surface area contributed by atoms with Gasteiger partial charge in [0.05, 0.1) is 12.1 Å². The number of carbonyl (C=O) groups is 1. The Morgan fingerprint density at radius 3 is 2.81 bits per heavy atom. The molecule has 0 spiro atoms. The Morgan fingerprint density at radius 1 is 1.56 bits per heavy atom. The van der Waals surface area contributed by atoms with Crippen LogP contribution < -0.4 is 10.1 Å². The van der Waals surface area contributed by atoms with Gasteiger partial charge in [-0.05, 0) is 25.2 Å². The number of benzene rings is 1. The number of methoxy groups -OCH3 is 1. The van der Waals surface area contributed by atoms with Gasteiger partial charge >= 0.3 is 0 Å². The van der Waals surface area contributed by atoms with Crippen molar-refractivity contribution in [3.05, 3.63) is 28.8 Å². The standard InChI is InChI=1S/C12H16ClNO2/c1-8(7-14-2)12(15)9-4-5-10(13)11(6-9)16-3/h4-6,8,14H,7H2,1-3H3. The van der Waals surface area contributed by atoms with E-state index in [1.807, 2.05) is 14.0 Å². The molecule has 0 aromatic heterocycles. The van der Waals surface area contributed by atoms with Gasteiger partial charge in [-0.1, -0.05) is 18.5 Å². The Morgan fingerprint density at radius 2 is 2.25 bits per heavy atom. The van der Waals surface area contributed by atoms with Gasteiger partial charge in [0.15, 0.2) is 5.78 Å². The minimum atomic E-state index is -0.0594. The molecule has 0 radical (unpaired) electrons. The van der Waals surface area contributed by atoms with E-state index in [9.17, 15) is 4.79 Å². The fraction of sp³-hybridized carbons (Fsp3) is 0.417. The summed E-state index contributed by atoms with van der Waals surface area (Å²) in [6.45, 7) is 2.55. The van der Waals surface area contributed by atoms with E-state index in [2.05, 4.69) is 5.32 Å². The number of ketones is 1. The molecule has 1 aromatic rings. The summed E-state index contributed by atoms with van der Waals surface area (Å²) in [6, 6.07) is 5.08. The van der Waals surface area contributed by atoms with Gasteiger partial charge in [0, 0.05) is 18.0 Å². The number of hydrogen-bond acceptors (Lipinski definition) is 3. The molecule has 0 fully saturated rings. The van der Waals surface area contributed by atoms with E-state index in [4.69, 9.17) is 16.3 Å². The van der Waals surface area contributed by atoms with Crippen LogP contribution in [-0.2, 0) is 0 Å². The second kappa shape index (κ2) is 5.87. The number of rotatable bonds is 5. The van der Waals surface area contributed by atoms with Crippen molar-refractivity contribution in [2.75, 3.05) is 20.7 Å². The van der Waals surface area contributed by atoms with Crippen molar-refractivity contribution in [2.45, 2.75) is 6.92 Å². The van der Waals surface area contributed by atoms with Crippen LogP contribution in [0.4, 0.5) is 0 Å². The summed E-state index contributed by atoms with van der Waals surface area (Å²) in [4.78, 5) is 12.0. The third-order valence-corrected chi connectivity index (χ3v) is 2.71. The van der Waals surface area contributed by atoms with Gasteiger partial charge in [-0.15, -0.1) is 0 Å². The highest BCUT2D eigenvalue weighted by Gasteiger charge is 2.15. The molecule has 1 unspecified atom stereocenters. The lowest BCUT2D eigenvalue weighted by atomic mass is 9.99. The monoisotopic (exact) mass is 241 g/mol. The van der Waals surface area contributed by atoms with E-state index in [-0.39, 0.29) is 11.7 Å². The Hall–Kier alpha value is -1.06. The Balaban J connectivity index is 2.92. The second-order valence-corrected chi connectivity index (χ2v) is 4.08. The molecule has 1 N–H and O–H groups in total. The third kappa shape index (κ3) is 2.97. The van der Waals surface area contributed by atoms with Crippen molar-refractivity contribution in [1.29, 1.82) is 0 Å². The molecule has 0 heterocycles. The normalized spacial score (nSPS) is 12.2. The van der Waals surface area contributed by atoms with Crippen molar-refractivity contribution >= 4 is 17.4 Å². The lowest BCUT2D eigenvalue weighted by Gasteiger charge is -2.11. The molecule has 1 aromatic carbocycles. The molecule has 1 rings (SSSR count). The molecule has 0 bridgehead atoms. The molecular weight excluding hydrogens is 226 g/mol. The van der Waals surface area contributed by atoms with Crippen molar-refractivity contribution in [3.8, 4) is 5.75 Å². The molecule has 16 heavy (non-hydrogen) atoms. The largest absolute Gasteiger partial charge is 0.495 e. The van der Waals surface area contributed by atoms with Gasteiger partial charge < -0.3 is 10.1 Å². The summed E-state index contributed by atoms with van der Waals surface area (Å²) in [5, 5.41) is 3.49. The molecule has 0 aliphatic heterocycles. The third-order valence-electron chi connectivity index (χ3n) is 2.39. The van der Waals surface area contributed by atoms with E-state index in [1.165, 1.54) is 7.11 Å². The minimum absolute atomic E-state index is 0.0594. The van der Waals surface area contributed by atoms with Crippen molar-refractivity contribution in [2.24, 2.45) is 5.92 Å². The van der Waals surface area contributed by atoms with E-state index in [0.29, 0.717) is 22.9 Å². The topological polar surface area (TPSA) is 38.3 Å². The van der Waals surface area contributed by atoms with Crippen LogP contribution >= 0.6 is 11.6 Å². The fourth-order valence-electron chi connectivity index (χ4n) is 1.50. The fourth-order valence-corrected chi connectivity index (χ4v) is 1.69. The Bertz CT molecular complexity index is 379. The summed E-state index contributed by atoms with van der Waals surface area (Å²) in [5.41, 5.74) is 0.629. The molecule has 88 valence electrons. The quantitative estimate of drug-likeness (QED) is 0.805. The van der Waals surface area contributed by atoms with E-state index in [1.54, 1.807) is 18.2 Å². The summed E-state index contributed by atoms with van der Waals surface area (Å²) in [7, 11) is 3.36. The molecule has 0 saturated heterocycles. The van der Waals surface area contributed by atoms with Gasteiger partial charge in [-0.25, -0.2) is 0 Å². The van der Waals surface area contributed by atoms with Gasteiger partial charge in [-0.3, -0.25) is 4.79 Å². The molecular formula is C12H16ClNO2. The summed E-state index contributed by atoms with van der Waals surface area (Å²) in [6.07, 6.45) is 0. The van der Waals surface area contributed by atoms with Crippen LogP contribution in [0.3, 0.4) is 0 Å². The number of Topliss-reactive ketones (excluding diaryl/α,β-unsaturated/α-hetero) is 1. The molecule has 3 nitrogen and oxygen atoms in total. The van der Waals surface area contributed by atoms with Gasteiger partial charge in [-0.2, -0.15) is 0 Å². The number of nitrogens with one attached hydrogen (secondary N) is 1. The highest BCUT2D eigenvalue weighted by atomic mass is 35.5. The zero-order chi connectivity index (χ0) is 12.1. The lowest BCUT2D eigenvalue weighted by Crippen LogP contribution is -2.23. The van der Waals surface area contributed by atoms with Crippen LogP contribution in [-0.4, -0.2) is 26.5 Å². The van der Waals surface area contributed by atoms with Crippen LogP contribution in [0.25, 0.3) is 0 Å². The maximum atomic E-state index is 12.0. The SMILES string of the molecule is CNCC(C)C(=O)c1ccc(Cl)c(OC)c1. The van der Waals surface area contributed by atoms with Crippen molar-refractivity contribution < 1.29 is 9.53 Å². The van der Waals surface area contributed by atoms with Crippen LogP contribution in [0.15, 0.2) is 18.2 Å². The highest BCUT2D eigenvalue weighted by molar-refractivity contribution is 6.32. The number of ether oxygens (including phenoxy) is 1. The first-order valence-electron chi connectivity index (χ1n) is 5.12. The van der Waals surface area contributed by atoms with Crippen LogP contribution in [0.5, 0.6) is 5.75 Å². The lowest BCUT2D eigenvalue weighted by molar-refractivity contribution is 0.0930. The van der Waals surface area contributed by atoms with Crippen LogP contribution in [0.1, 0.15) is 17.3 Å². The minimum Gasteiger partial charge on any atom is -0.495 e. The molecule has 0 amide bonds.